The van der Waals surface area contributed by atoms with Gasteiger partial charge >= 0.3 is 0 Å². The van der Waals surface area contributed by atoms with Crippen molar-refractivity contribution in [1.82, 2.24) is 9.97 Å². The Morgan fingerprint density at radius 2 is 1.95 bits per heavy atom. The first kappa shape index (κ1) is 15.1. The van der Waals surface area contributed by atoms with Crippen molar-refractivity contribution in [3.63, 3.8) is 0 Å². The number of benzene rings is 1. The SMILES string of the molecule is O=c1[nH]c(CSc2ccccc2)nc(C2CCCC2)c1I. The van der Waals surface area contributed by atoms with Crippen molar-refractivity contribution < 1.29 is 0 Å². The number of rotatable bonds is 4. The minimum atomic E-state index is 0.0103. The van der Waals surface area contributed by atoms with Gasteiger partial charge in [0.2, 0.25) is 0 Å². The summed E-state index contributed by atoms with van der Waals surface area (Å²) >= 11 is 3.84. The van der Waals surface area contributed by atoms with E-state index in [4.69, 9.17) is 4.98 Å². The standard InChI is InChI=1S/C16H17IN2OS/c17-14-15(11-6-4-5-7-11)18-13(19-16(14)20)10-21-12-8-2-1-3-9-12/h1-3,8-9,11H,4-7,10H2,(H,18,19,20). The lowest BCUT2D eigenvalue weighted by Crippen LogP contribution is -2.19. The van der Waals surface area contributed by atoms with Gasteiger partial charge in [0, 0.05) is 10.8 Å². The first-order valence-electron chi connectivity index (χ1n) is 7.20. The molecule has 110 valence electrons. The number of thioether (sulfide) groups is 1. The van der Waals surface area contributed by atoms with E-state index in [0.29, 0.717) is 11.7 Å². The summed E-state index contributed by atoms with van der Waals surface area (Å²) in [5.41, 5.74) is 1.02. The van der Waals surface area contributed by atoms with Crippen LogP contribution in [-0.4, -0.2) is 9.97 Å². The summed E-state index contributed by atoms with van der Waals surface area (Å²) in [5, 5.41) is 0. The van der Waals surface area contributed by atoms with Gasteiger partial charge in [-0.05, 0) is 47.6 Å². The number of nitrogens with zero attached hydrogens (tertiary/aromatic N) is 1. The lowest BCUT2D eigenvalue weighted by atomic mass is 10.0. The molecule has 1 aromatic carbocycles. The van der Waals surface area contributed by atoms with Crippen LogP contribution >= 0.6 is 34.4 Å². The summed E-state index contributed by atoms with van der Waals surface area (Å²) in [6.45, 7) is 0. The third-order valence-electron chi connectivity index (χ3n) is 3.80. The molecule has 0 saturated heterocycles. The van der Waals surface area contributed by atoms with Gasteiger partial charge in [0.1, 0.15) is 5.82 Å². The Labute approximate surface area is 142 Å². The van der Waals surface area contributed by atoms with Gasteiger partial charge < -0.3 is 4.98 Å². The zero-order valence-electron chi connectivity index (χ0n) is 11.6. The normalized spacial score (nSPS) is 15.5. The minimum absolute atomic E-state index is 0.0103. The highest BCUT2D eigenvalue weighted by Gasteiger charge is 2.22. The van der Waals surface area contributed by atoms with Crippen LogP contribution in [0.25, 0.3) is 0 Å². The molecule has 0 amide bonds. The molecule has 3 nitrogen and oxygen atoms in total. The number of aromatic nitrogens is 2. The van der Waals surface area contributed by atoms with Gasteiger partial charge in [-0.1, -0.05) is 31.0 Å². The fourth-order valence-electron chi connectivity index (χ4n) is 2.73. The number of hydrogen-bond donors (Lipinski definition) is 1. The van der Waals surface area contributed by atoms with Gasteiger partial charge in [-0.15, -0.1) is 11.8 Å². The third kappa shape index (κ3) is 3.69. The Hall–Kier alpha value is -0.820. The van der Waals surface area contributed by atoms with Crippen LogP contribution in [0, 0.1) is 3.57 Å². The van der Waals surface area contributed by atoms with Crippen molar-refractivity contribution >= 4 is 34.4 Å². The summed E-state index contributed by atoms with van der Waals surface area (Å²) < 4.78 is 0.771. The molecule has 0 aliphatic heterocycles. The Morgan fingerprint density at radius 3 is 2.67 bits per heavy atom. The van der Waals surface area contributed by atoms with Crippen molar-refractivity contribution in [3.05, 3.63) is 55.8 Å². The number of nitrogens with one attached hydrogen (secondary N) is 1. The van der Waals surface area contributed by atoms with Crippen LogP contribution in [-0.2, 0) is 5.75 Å². The maximum absolute atomic E-state index is 12.1. The van der Waals surface area contributed by atoms with Crippen LogP contribution < -0.4 is 5.56 Å². The lowest BCUT2D eigenvalue weighted by molar-refractivity contribution is 0.679. The average molecular weight is 412 g/mol. The maximum atomic E-state index is 12.1. The van der Waals surface area contributed by atoms with E-state index in [2.05, 4.69) is 39.7 Å². The van der Waals surface area contributed by atoms with E-state index < -0.39 is 0 Å². The van der Waals surface area contributed by atoms with Crippen molar-refractivity contribution in [1.29, 1.82) is 0 Å². The smallest absolute Gasteiger partial charge is 0.264 e. The quantitative estimate of drug-likeness (QED) is 0.601. The molecule has 3 rings (SSSR count). The predicted octanol–water partition coefficient (Wildman–Crippen LogP) is 4.32. The van der Waals surface area contributed by atoms with E-state index in [1.54, 1.807) is 11.8 Å². The first-order valence-corrected chi connectivity index (χ1v) is 9.27. The summed E-state index contributed by atoms with van der Waals surface area (Å²) in [6.07, 6.45) is 4.84. The second-order valence-electron chi connectivity index (χ2n) is 5.29. The Kier molecular flexibility index (Phi) is 5.00. The Morgan fingerprint density at radius 1 is 1.24 bits per heavy atom. The molecule has 1 fully saturated rings. The van der Waals surface area contributed by atoms with Crippen molar-refractivity contribution in [2.75, 3.05) is 0 Å². The van der Waals surface area contributed by atoms with E-state index in [0.717, 1.165) is 27.9 Å². The molecule has 1 heterocycles. The van der Waals surface area contributed by atoms with Crippen LogP contribution in [0.4, 0.5) is 0 Å². The molecule has 1 aliphatic carbocycles. The highest BCUT2D eigenvalue weighted by Crippen LogP contribution is 2.34. The van der Waals surface area contributed by atoms with Crippen molar-refractivity contribution in [2.45, 2.75) is 42.2 Å². The van der Waals surface area contributed by atoms with Gasteiger partial charge in [0.15, 0.2) is 0 Å². The van der Waals surface area contributed by atoms with Crippen LogP contribution in [0.5, 0.6) is 0 Å². The molecule has 0 spiro atoms. The molecule has 0 atom stereocenters. The first-order chi connectivity index (χ1) is 10.2. The number of hydrogen-bond acceptors (Lipinski definition) is 3. The van der Waals surface area contributed by atoms with Crippen LogP contribution in [0.1, 0.15) is 43.1 Å². The minimum Gasteiger partial charge on any atom is -0.309 e. The topological polar surface area (TPSA) is 45.8 Å². The van der Waals surface area contributed by atoms with Crippen LogP contribution in [0.15, 0.2) is 40.0 Å². The second kappa shape index (κ2) is 6.96. The fourth-order valence-corrected chi connectivity index (χ4v) is 4.22. The molecule has 21 heavy (non-hydrogen) atoms. The molecule has 1 N–H and O–H groups in total. The molecular weight excluding hydrogens is 395 g/mol. The number of H-pyrrole nitrogens is 1. The molecule has 1 saturated carbocycles. The van der Waals surface area contributed by atoms with E-state index >= 15 is 0 Å². The molecule has 1 aromatic heterocycles. The molecule has 0 radical (unpaired) electrons. The Balaban J connectivity index is 1.80. The van der Waals surface area contributed by atoms with E-state index in [1.165, 1.54) is 17.7 Å². The average Bonchev–Trinajstić information content (AvgIpc) is 3.03. The number of aromatic amines is 1. The molecule has 0 bridgehead atoms. The molecule has 5 heteroatoms. The number of halogens is 1. The highest BCUT2D eigenvalue weighted by atomic mass is 127. The Bertz CT molecular complexity index is 666. The summed E-state index contributed by atoms with van der Waals surface area (Å²) in [6, 6.07) is 10.2. The van der Waals surface area contributed by atoms with E-state index in [-0.39, 0.29) is 5.56 Å². The summed E-state index contributed by atoms with van der Waals surface area (Å²) in [7, 11) is 0. The van der Waals surface area contributed by atoms with E-state index in [9.17, 15) is 4.79 Å². The fraction of sp³-hybridized carbons (Fsp3) is 0.375. The molecule has 1 aliphatic rings. The van der Waals surface area contributed by atoms with Gasteiger partial charge in [0.25, 0.3) is 5.56 Å². The molecular formula is C16H17IN2OS. The van der Waals surface area contributed by atoms with Gasteiger partial charge in [0.05, 0.1) is 15.0 Å². The van der Waals surface area contributed by atoms with Crippen LogP contribution in [0.3, 0.4) is 0 Å². The van der Waals surface area contributed by atoms with Crippen molar-refractivity contribution in [3.8, 4) is 0 Å². The molecule has 2 aromatic rings. The highest BCUT2D eigenvalue weighted by molar-refractivity contribution is 14.1. The zero-order valence-corrected chi connectivity index (χ0v) is 14.6. The van der Waals surface area contributed by atoms with Gasteiger partial charge in [-0.3, -0.25) is 4.79 Å². The largest absolute Gasteiger partial charge is 0.309 e. The van der Waals surface area contributed by atoms with Gasteiger partial charge in [-0.2, -0.15) is 0 Å². The second-order valence-corrected chi connectivity index (χ2v) is 7.42. The maximum Gasteiger partial charge on any atom is 0.264 e. The summed E-state index contributed by atoms with van der Waals surface area (Å²) in [4.78, 5) is 21.0. The predicted molar refractivity (Wildman–Crippen MR) is 94.8 cm³/mol. The third-order valence-corrected chi connectivity index (χ3v) is 5.86. The summed E-state index contributed by atoms with van der Waals surface area (Å²) in [5.74, 6) is 1.96. The monoisotopic (exact) mass is 412 g/mol. The molecule has 0 unspecified atom stereocenters. The van der Waals surface area contributed by atoms with Gasteiger partial charge in [-0.25, -0.2) is 4.98 Å². The van der Waals surface area contributed by atoms with E-state index in [1.807, 2.05) is 18.2 Å². The van der Waals surface area contributed by atoms with Crippen molar-refractivity contribution in [2.24, 2.45) is 0 Å². The lowest BCUT2D eigenvalue weighted by Gasteiger charge is -2.12. The zero-order chi connectivity index (χ0) is 14.7. The van der Waals surface area contributed by atoms with Crippen LogP contribution in [0.2, 0.25) is 0 Å².